The minimum absolute atomic E-state index is 0.405. The molecule has 3 aliphatic heterocycles. The van der Waals surface area contributed by atoms with Crippen molar-refractivity contribution in [2.24, 2.45) is 4.99 Å². The molecule has 8 heterocycles. The van der Waals surface area contributed by atoms with Crippen molar-refractivity contribution < 1.29 is 23.6 Å². The first-order valence-electron chi connectivity index (χ1n) is 21.2. The molecule has 2 fully saturated rings. The Morgan fingerprint density at radius 3 is 2.03 bits per heavy atom. The molecule has 3 aliphatic rings. The summed E-state index contributed by atoms with van der Waals surface area (Å²) in [5, 5.41) is 23.0. The van der Waals surface area contributed by atoms with Gasteiger partial charge >= 0.3 is 7.12 Å². The molecule has 7 aromatic rings. The van der Waals surface area contributed by atoms with Crippen molar-refractivity contribution in [1.82, 2.24) is 29.7 Å². The van der Waals surface area contributed by atoms with E-state index < -0.39 is 27.5 Å². The van der Waals surface area contributed by atoms with Crippen LogP contribution in [-0.2, 0) is 18.0 Å². The van der Waals surface area contributed by atoms with E-state index in [1.807, 2.05) is 57.1 Å². The molecule has 0 unspecified atom stereocenters. The fraction of sp³-hybridized carbons (Fsp3) is 0.277. The molecule has 17 heteroatoms. The number of pyridine rings is 4. The molecule has 0 bridgehead atoms. The molecule has 2 saturated heterocycles. The third kappa shape index (κ3) is 11.0. The molecule has 0 aliphatic carbocycles. The monoisotopic (exact) mass is 943 g/mol. The molecular formula is C47H49BBrF2N9O3Si. The topological polar surface area (TPSA) is 138 Å². The van der Waals surface area contributed by atoms with Gasteiger partial charge in [0.15, 0.2) is 0 Å². The third-order valence-corrected chi connectivity index (χ3v) is 13.2. The smallest absolute Gasteiger partial charge is 0.423 e. The van der Waals surface area contributed by atoms with Crippen LogP contribution in [0.5, 0.6) is 0 Å². The van der Waals surface area contributed by atoms with Gasteiger partial charge in [0.1, 0.15) is 36.4 Å². The highest BCUT2D eigenvalue weighted by Crippen LogP contribution is 2.33. The Bertz CT molecular complexity index is 2720. The maximum atomic E-state index is 13.3. The van der Waals surface area contributed by atoms with Crippen molar-refractivity contribution in [3.63, 3.8) is 0 Å². The fourth-order valence-electron chi connectivity index (χ4n) is 7.37. The van der Waals surface area contributed by atoms with Gasteiger partial charge in [0.25, 0.3) is 0 Å². The minimum Gasteiger partial charge on any atom is -0.423 e. The van der Waals surface area contributed by atoms with Gasteiger partial charge < -0.3 is 24.6 Å². The predicted molar refractivity (Wildman–Crippen MR) is 256 cm³/mol. The lowest BCUT2D eigenvalue weighted by molar-refractivity contribution is 0.0818. The molecule has 0 atom stereocenters. The molecule has 5 aromatic heterocycles. The summed E-state index contributed by atoms with van der Waals surface area (Å²) in [6.45, 7) is 10.6. The van der Waals surface area contributed by atoms with Crippen LogP contribution >= 0.6 is 15.9 Å². The zero-order valence-electron chi connectivity index (χ0n) is 35.9. The number of fused-ring (bicyclic) bond motifs is 2. The van der Waals surface area contributed by atoms with Gasteiger partial charge in [0, 0.05) is 89.4 Å². The second kappa shape index (κ2) is 20.0. The number of aliphatic imine (C=N–C) groups is 1. The third-order valence-electron chi connectivity index (χ3n) is 11.0. The fourth-order valence-corrected chi connectivity index (χ4v) is 8.48. The van der Waals surface area contributed by atoms with E-state index in [9.17, 15) is 8.78 Å². The van der Waals surface area contributed by atoms with E-state index in [-0.39, 0.29) is 0 Å². The second-order valence-electron chi connectivity index (χ2n) is 17.1. The van der Waals surface area contributed by atoms with Crippen LogP contribution in [0.15, 0.2) is 132 Å². The van der Waals surface area contributed by atoms with Crippen molar-refractivity contribution in [2.75, 3.05) is 42.6 Å². The molecule has 328 valence electrons. The number of hydrogen-bond acceptors (Lipinski definition) is 11. The van der Waals surface area contributed by atoms with E-state index in [1.165, 1.54) is 11.8 Å². The minimum atomic E-state index is -1.40. The zero-order valence-corrected chi connectivity index (χ0v) is 38.5. The van der Waals surface area contributed by atoms with Crippen molar-refractivity contribution in [3.05, 3.63) is 143 Å². The zero-order chi connectivity index (χ0) is 44.8. The van der Waals surface area contributed by atoms with Crippen LogP contribution in [0.3, 0.4) is 0 Å². The summed E-state index contributed by atoms with van der Waals surface area (Å²) in [7, 11) is -2.53. The van der Waals surface area contributed by atoms with Crippen LogP contribution < -0.4 is 15.3 Å². The number of rotatable bonds is 11. The van der Waals surface area contributed by atoms with E-state index in [0.29, 0.717) is 44.9 Å². The Kier molecular flexibility index (Phi) is 14.0. The predicted octanol–water partition coefficient (Wildman–Crippen LogP) is 7.75. The lowest BCUT2D eigenvalue weighted by atomic mass is 9.82. The van der Waals surface area contributed by atoms with Crippen LogP contribution in [0.2, 0.25) is 25.7 Å². The molecule has 2 aromatic carbocycles. The Morgan fingerprint density at radius 1 is 0.750 bits per heavy atom. The van der Waals surface area contributed by atoms with Crippen LogP contribution in [-0.4, -0.2) is 106 Å². The number of hydrogen-bond donors (Lipinski definition) is 2. The average Bonchev–Trinajstić information content (AvgIpc) is 3.87. The molecule has 0 saturated carbocycles. The standard InChI is InChI=1S/C21H26BrFN4OSi.C21H17FN4.C5H6BNO2/c1-29(2,3)9-8-28-14-27-19-5-4-16(22)11-18(19)21(25-27)15-6-7-24-20(10-15)26-12-17(23)13-26;22-18-12-26(13-18)20-9-15(5-7-24-20)21-19-8-14(3-4-17(19)11-25-21)16-2-1-6-23-10-16;8-6(9)5-2-1-3-7-4-5/h4-7,10-11,17H,8-9,12-14H2,1-3H3;1-10,18H,11-13H2;1-4,8-9H. The summed E-state index contributed by atoms with van der Waals surface area (Å²) in [5.41, 5.74) is 9.90. The van der Waals surface area contributed by atoms with Gasteiger partial charge in [0.2, 0.25) is 0 Å². The van der Waals surface area contributed by atoms with Crippen molar-refractivity contribution in [1.29, 1.82) is 0 Å². The first kappa shape index (κ1) is 44.9. The molecule has 0 amide bonds. The van der Waals surface area contributed by atoms with E-state index in [0.717, 1.165) is 78.9 Å². The van der Waals surface area contributed by atoms with E-state index in [1.54, 1.807) is 36.9 Å². The van der Waals surface area contributed by atoms with Crippen molar-refractivity contribution in [3.8, 4) is 22.4 Å². The summed E-state index contributed by atoms with van der Waals surface area (Å²) in [4.78, 5) is 25.3. The number of anilines is 2. The van der Waals surface area contributed by atoms with Crippen molar-refractivity contribution in [2.45, 2.75) is 51.3 Å². The van der Waals surface area contributed by atoms with Crippen LogP contribution in [0.25, 0.3) is 33.3 Å². The van der Waals surface area contributed by atoms with Crippen LogP contribution in [0, 0.1) is 0 Å². The highest BCUT2D eigenvalue weighted by atomic mass is 79.9. The lowest BCUT2D eigenvalue weighted by Gasteiger charge is -2.35. The number of benzene rings is 2. The molecule has 0 radical (unpaired) electrons. The normalized spacial score (nSPS) is 14.7. The van der Waals surface area contributed by atoms with Gasteiger partial charge in [-0.15, -0.1) is 0 Å². The van der Waals surface area contributed by atoms with E-state index in [2.05, 4.69) is 91.9 Å². The number of nitrogens with zero attached hydrogens (tertiary/aromatic N) is 9. The van der Waals surface area contributed by atoms with Crippen LogP contribution in [0.4, 0.5) is 20.4 Å². The molecular weight excluding hydrogens is 895 g/mol. The number of halogens is 3. The Morgan fingerprint density at radius 2 is 1.42 bits per heavy atom. The van der Waals surface area contributed by atoms with E-state index >= 15 is 0 Å². The molecule has 64 heavy (non-hydrogen) atoms. The summed E-state index contributed by atoms with van der Waals surface area (Å²) in [6, 6.07) is 28.9. The Hall–Kier alpha value is -5.72. The first-order chi connectivity index (χ1) is 30.9. The maximum Gasteiger partial charge on any atom is 0.490 e. The van der Waals surface area contributed by atoms with Crippen molar-refractivity contribution >= 4 is 64.8 Å². The average molecular weight is 945 g/mol. The summed E-state index contributed by atoms with van der Waals surface area (Å²) in [6.07, 6.45) is 8.67. The molecule has 0 spiro atoms. The first-order valence-corrected chi connectivity index (χ1v) is 25.7. The van der Waals surface area contributed by atoms with Crippen LogP contribution in [0.1, 0.15) is 16.7 Å². The lowest BCUT2D eigenvalue weighted by Crippen LogP contribution is -2.48. The van der Waals surface area contributed by atoms with Gasteiger partial charge in [-0.1, -0.05) is 59.8 Å². The van der Waals surface area contributed by atoms with Gasteiger partial charge in [-0.25, -0.2) is 23.4 Å². The summed E-state index contributed by atoms with van der Waals surface area (Å²) in [5.74, 6) is 1.61. The summed E-state index contributed by atoms with van der Waals surface area (Å²) < 4.78 is 35.3. The number of ether oxygens (including phenoxy) is 1. The van der Waals surface area contributed by atoms with Gasteiger partial charge in [0.05, 0.1) is 44.0 Å². The molecule has 12 nitrogen and oxygen atoms in total. The van der Waals surface area contributed by atoms with Gasteiger partial charge in [-0.3, -0.25) is 15.0 Å². The Labute approximate surface area is 381 Å². The molecule has 10 rings (SSSR count). The van der Waals surface area contributed by atoms with Gasteiger partial charge in [-0.05, 0) is 77.8 Å². The Balaban J connectivity index is 0.000000147. The maximum absolute atomic E-state index is 13.3. The highest BCUT2D eigenvalue weighted by molar-refractivity contribution is 9.10. The summed E-state index contributed by atoms with van der Waals surface area (Å²) >= 11 is 3.57. The largest absolute Gasteiger partial charge is 0.490 e. The number of alkyl halides is 2. The van der Waals surface area contributed by atoms with Gasteiger partial charge in [-0.2, -0.15) is 5.10 Å². The van der Waals surface area contributed by atoms with E-state index in [4.69, 9.17) is 24.9 Å². The molecule has 2 N–H and O–H groups in total. The second-order valence-corrected chi connectivity index (χ2v) is 23.6. The highest BCUT2D eigenvalue weighted by Gasteiger charge is 2.29. The quantitative estimate of drug-likeness (QED) is 0.0979. The SMILES string of the molecule is C[Si](C)(C)CCOCn1nc(-c2ccnc(N3CC(F)C3)c2)c2cc(Br)ccc21.FC1CN(c2cc(C3=NCc4ccc(-c5cccnc5)cc43)ccn2)C1.OB(O)c1cccnc1. The number of aromatic nitrogens is 6.